The Bertz CT molecular complexity index is 674. The molecule has 3 rings (SSSR count). The van der Waals surface area contributed by atoms with Crippen molar-refractivity contribution < 1.29 is 4.79 Å². The number of tetrazole rings is 1. The summed E-state index contributed by atoms with van der Waals surface area (Å²) in [5, 5.41) is 12.1. The first-order valence-corrected chi connectivity index (χ1v) is 8.33. The number of amidine groups is 1. The summed E-state index contributed by atoms with van der Waals surface area (Å²) < 4.78 is 1.81. The van der Waals surface area contributed by atoms with Gasteiger partial charge in [0.25, 0.3) is 0 Å². The molecule has 2 aliphatic rings. The predicted octanol–water partition coefficient (Wildman–Crippen LogP) is 2.23. The van der Waals surface area contributed by atoms with Gasteiger partial charge in [-0.05, 0) is 49.6 Å². The quantitative estimate of drug-likeness (QED) is 0.804. The van der Waals surface area contributed by atoms with E-state index in [0.29, 0.717) is 6.42 Å². The third-order valence-corrected chi connectivity index (χ3v) is 4.75. The molecule has 0 aromatic carbocycles. The minimum Gasteiger partial charge on any atom is -0.351 e. The Morgan fingerprint density at radius 3 is 2.78 bits per heavy atom. The van der Waals surface area contributed by atoms with E-state index in [1.807, 2.05) is 4.68 Å². The van der Waals surface area contributed by atoms with Crippen LogP contribution in [0.4, 0.5) is 0 Å². The largest absolute Gasteiger partial charge is 0.351 e. The molecule has 3 heterocycles. The number of Topliss-reactive ketones (excluding diaryl/α,β-unsaturated/α-hetero) is 1. The molecule has 1 aromatic heterocycles. The van der Waals surface area contributed by atoms with Crippen LogP contribution in [-0.2, 0) is 4.79 Å². The number of rotatable bonds is 6. The van der Waals surface area contributed by atoms with Gasteiger partial charge in [0.2, 0.25) is 0 Å². The number of aliphatic imine (C=N–C) groups is 1. The van der Waals surface area contributed by atoms with Crippen molar-refractivity contribution in [3.05, 3.63) is 11.4 Å². The highest BCUT2D eigenvalue weighted by atomic mass is 16.1. The molecule has 0 aliphatic carbocycles. The number of aromatic nitrogens is 4. The Labute approximate surface area is 136 Å². The Hall–Kier alpha value is -2.05. The van der Waals surface area contributed by atoms with E-state index in [9.17, 15) is 4.79 Å². The minimum absolute atomic E-state index is 0.0346. The van der Waals surface area contributed by atoms with Gasteiger partial charge in [-0.1, -0.05) is 6.92 Å². The molecular weight excluding hydrogens is 292 g/mol. The van der Waals surface area contributed by atoms with Gasteiger partial charge in [0.05, 0.1) is 6.04 Å². The molecule has 0 bridgehead atoms. The van der Waals surface area contributed by atoms with Gasteiger partial charge in [-0.3, -0.25) is 4.99 Å². The number of allylic oxidation sites excluding steroid dienone is 1. The fourth-order valence-electron chi connectivity index (χ4n) is 3.50. The predicted molar refractivity (Wildman–Crippen MR) is 87.9 cm³/mol. The van der Waals surface area contributed by atoms with Gasteiger partial charge in [-0.25, -0.2) is 0 Å². The molecule has 0 saturated carbocycles. The highest BCUT2D eigenvalue weighted by Gasteiger charge is 2.43. The zero-order valence-electron chi connectivity index (χ0n) is 14.3. The monoisotopic (exact) mass is 316 g/mol. The number of nitrogens with zero attached hydrogens (tertiary/aromatic N) is 6. The number of hydrogen-bond acceptors (Lipinski definition) is 6. The highest BCUT2D eigenvalue weighted by molar-refractivity contribution is 5.86. The normalized spacial score (nSPS) is 23.0. The third-order valence-electron chi connectivity index (χ3n) is 4.75. The van der Waals surface area contributed by atoms with Crippen LogP contribution in [0.3, 0.4) is 0 Å². The molecule has 23 heavy (non-hydrogen) atoms. The minimum atomic E-state index is -0.0346. The van der Waals surface area contributed by atoms with Crippen molar-refractivity contribution in [1.82, 2.24) is 25.1 Å². The van der Waals surface area contributed by atoms with E-state index in [2.05, 4.69) is 41.2 Å². The molecule has 0 spiro atoms. The van der Waals surface area contributed by atoms with Gasteiger partial charge < -0.3 is 9.69 Å². The lowest BCUT2D eigenvalue weighted by Crippen LogP contribution is -2.41. The molecule has 0 amide bonds. The van der Waals surface area contributed by atoms with Crippen molar-refractivity contribution >= 4 is 17.3 Å². The second kappa shape index (κ2) is 6.22. The number of hydrogen-bond donors (Lipinski definition) is 0. The first kappa shape index (κ1) is 15.8. The van der Waals surface area contributed by atoms with E-state index in [1.165, 1.54) is 5.57 Å². The smallest absolute Gasteiger partial charge is 0.183 e. The zero-order valence-corrected chi connectivity index (χ0v) is 14.3. The average Bonchev–Trinajstić information content (AvgIpc) is 3.10. The van der Waals surface area contributed by atoms with Crippen molar-refractivity contribution in [3.8, 4) is 0 Å². The maximum absolute atomic E-state index is 11.3. The zero-order chi connectivity index (χ0) is 16.6. The number of carbonyl (C=O) groups excluding carboxylic acids is 1. The lowest BCUT2D eigenvalue weighted by Gasteiger charge is -2.34. The lowest BCUT2D eigenvalue weighted by molar-refractivity contribution is -0.117. The van der Waals surface area contributed by atoms with Gasteiger partial charge in [-0.15, -0.1) is 5.10 Å². The van der Waals surface area contributed by atoms with Crippen LogP contribution in [0, 0.1) is 0 Å². The summed E-state index contributed by atoms with van der Waals surface area (Å²) in [5.74, 6) is 2.18. The van der Waals surface area contributed by atoms with Crippen LogP contribution in [0.1, 0.15) is 65.2 Å². The van der Waals surface area contributed by atoms with E-state index in [-0.39, 0.29) is 17.9 Å². The fraction of sp³-hybridized carbons (Fsp3) is 0.688. The van der Waals surface area contributed by atoms with E-state index < -0.39 is 0 Å². The maximum atomic E-state index is 11.3. The van der Waals surface area contributed by atoms with Gasteiger partial charge in [0, 0.05) is 25.1 Å². The summed E-state index contributed by atoms with van der Waals surface area (Å²) in [6.45, 7) is 8.86. The number of ketones is 1. The molecule has 0 saturated heterocycles. The molecule has 1 aromatic rings. The molecule has 0 N–H and O–H groups in total. The van der Waals surface area contributed by atoms with Crippen molar-refractivity contribution in [2.24, 2.45) is 4.99 Å². The topological polar surface area (TPSA) is 76.3 Å². The molecule has 2 aliphatic heterocycles. The van der Waals surface area contributed by atoms with E-state index in [1.54, 1.807) is 6.92 Å². The summed E-state index contributed by atoms with van der Waals surface area (Å²) in [5.41, 5.74) is 2.34. The molecule has 2 atom stereocenters. The van der Waals surface area contributed by atoms with Gasteiger partial charge in [0.15, 0.2) is 5.82 Å². The molecule has 0 radical (unpaired) electrons. The second-order valence-corrected chi connectivity index (χ2v) is 6.40. The van der Waals surface area contributed by atoms with Crippen LogP contribution in [0.5, 0.6) is 0 Å². The Morgan fingerprint density at radius 1 is 1.30 bits per heavy atom. The van der Waals surface area contributed by atoms with Gasteiger partial charge in [0.1, 0.15) is 17.7 Å². The van der Waals surface area contributed by atoms with E-state index in [0.717, 1.165) is 43.2 Å². The van der Waals surface area contributed by atoms with Crippen LogP contribution in [0.25, 0.3) is 5.70 Å². The molecule has 124 valence electrons. The summed E-state index contributed by atoms with van der Waals surface area (Å²) in [6.07, 6.45) is 3.47. The summed E-state index contributed by atoms with van der Waals surface area (Å²) in [7, 11) is 0. The summed E-state index contributed by atoms with van der Waals surface area (Å²) >= 11 is 0. The van der Waals surface area contributed by atoms with E-state index in [4.69, 9.17) is 4.99 Å². The fourth-order valence-corrected chi connectivity index (χ4v) is 3.50. The first-order valence-electron chi connectivity index (χ1n) is 8.33. The standard InChI is InChI=1S/C16H24N6O/c1-5-7-13-17-14-15(21(13)9-6-8-10(2)23)11(3)12(4)22-16(14)18-19-20-22/h14-15H,5-9H2,1-4H3. The SMILES string of the molecule is CCCC1=NC2c3nnnn3C(C)=C(C)C2N1CCCC(C)=O. The van der Waals surface area contributed by atoms with E-state index >= 15 is 0 Å². The number of carbonyl (C=O) groups is 1. The van der Waals surface area contributed by atoms with Crippen molar-refractivity contribution in [1.29, 1.82) is 0 Å². The lowest BCUT2D eigenvalue weighted by atomic mass is 9.95. The van der Waals surface area contributed by atoms with Crippen LogP contribution in [-0.4, -0.2) is 49.3 Å². The van der Waals surface area contributed by atoms with Crippen LogP contribution in [0.2, 0.25) is 0 Å². The Morgan fingerprint density at radius 2 is 2.09 bits per heavy atom. The molecule has 0 fully saturated rings. The van der Waals surface area contributed by atoms with Crippen LogP contribution in [0.15, 0.2) is 10.6 Å². The molecule has 7 nitrogen and oxygen atoms in total. The van der Waals surface area contributed by atoms with Crippen molar-refractivity contribution in [3.63, 3.8) is 0 Å². The third kappa shape index (κ3) is 2.68. The van der Waals surface area contributed by atoms with Crippen molar-refractivity contribution in [2.45, 2.75) is 65.5 Å². The Kier molecular flexibility index (Phi) is 4.28. The van der Waals surface area contributed by atoms with Gasteiger partial charge >= 0.3 is 0 Å². The molecular formula is C16H24N6O. The number of fused-ring (bicyclic) bond motifs is 3. The second-order valence-electron chi connectivity index (χ2n) is 6.40. The van der Waals surface area contributed by atoms with Crippen LogP contribution < -0.4 is 0 Å². The first-order chi connectivity index (χ1) is 11.0. The Balaban J connectivity index is 1.92. The van der Waals surface area contributed by atoms with Crippen molar-refractivity contribution in [2.75, 3.05) is 6.54 Å². The molecule has 2 unspecified atom stereocenters. The molecule has 7 heteroatoms. The summed E-state index contributed by atoms with van der Waals surface area (Å²) in [6, 6.07) is 0.148. The maximum Gasteiger partial charge on any atom is 0.183 e. The van der Waals surface area contributed by atoms with Crippen LogP contribution >= 0.6 is 0 Å². The highest BCUT2D eigenvalue weighted by Crippen LogP contribution is 2.40. The average molecular weight is 316 g/mol. The summed E-state index contributed by atoms with van der Waals surface area (Å²) in [4.78, 5) is 18.6. The van der Waals surface area contributed by atoms with Gasteiger partial charge in [-0.2, -0.15) is 4.68 Å².